The number of ether oxygens (including phenoxy) is 2. The van der Waals surface area contributed by atoms with Crippen molar-refractivity contribution in [3.63, 3.8) is 0 Å². The van der Waals surface area contributed by atoms with Gasteiger partial charge < -0.3 is 19.7 Å². The van der Waals surface area contributed by atoms with Crippen LogP contribution in [0, 0.1) is 11.3 Å². The van der Waals surface area contributed by atoms with E-state index in [4.69, 9.17) is 14.7 Å². The molecule has 0 radical (unpaired) electrons. The summed E-state index contributed by atoms with van der Waals surface area (Å²) in [7, 11) is 0. The zero-order valence-corrected chi connectivity index (χ0v) is 10.8. The van der Waals surface area contributed by atoms with E-state index in [0.717, 1.165) is 43.2 Å². The maximum absolute atomic E-state index is 8.85. The highest BCUT2D eigenvalue weighted by atomic mass is 16.7. The number of nitrogens with zero attached hydrogens (tertiary/aromatic N) is 2. The highest BCUT2D eigenvalue weighted by Crippen LogP contribution is 2.35. The number of fused-ring (bicyclic) bond motifs is 1. The van der Waals surface area contributed by atoms with Crippen molar-refractivity contribution in [1.29, 1.82) is 5.26 Å². The van der Waals surface area contributed by atoms with Gasteiger partial charge in [-0.15, -0.1) is 0 Å². The third-order valence-electron chi connectivity index (χ3n) is 3.54. The maximum atomic E-state index is 8.85. The monoisotopic (exact) mass is 259 g/mol. The SMILES string of the molecule is N#CCC1CN(c2ccc3c(c2)OCO3)CCCN1. The summed E-state index contributed by atoms with van der Waals surface area (Å²) in [5.41, 5.74) is 1.14. The number of hydrogen-bond acceptors (Lipinski definition) is 5. The van der Waals surface area contributed by atoms with E-state index in [-0.39, 0.29) is 6.04 Å². The summed E-state index contributed by atoms with van der Waals surface area (Å²) in [6.45, 7) is 3.12. The summed E-state index contributed by atoms with van der Waals surface area (Å²) in [5.74, 6) is 1.62. The van der Waals surface area contributed by atoms with Crippen LogP contribution in [0.25, 0.3) is 0 Å². The molecule has 5 nitrogen and oxygen atoms in total. The Bertz CT molecular complexity index is 498. The Hall–Kier alpha value is -1.93. The van der Waals surface area contributed by atoms with Crippen molar-refractivity contribution in [2.75, 3.05) is 31.3 Å². The molecule has 100 valence electrons. The van der Waals surface area contributed by atoms with Gasteiger partial charge in [-0.05, 0) is 25.1 Å². The lowest BCUT2D eigenvalue weighted by Gasteiger charge is -2.25. The predicted octanol–water partition coefficient (Wildman–Crippen LogP) is 1.50. The average molecular weight is 259 g/mol. The van der Waals surface area contributed by atoms with Gasteiger partial charge in [0.2, 0.25) is 6.79 Å². The Labute approximate surface area is 112 Å². The highest BCUT2D eigenvalue weighted by molar-refractivity contribution is 5.57. The molecule has 0 spiro atoms. The molecule has 3 rings (SSSR count). The lowest BCUT2D eigenvalue weighted by atomic mass is 10.2. The van der Waals surface area contributed by atoms with Crippen molar-refractivity contribution in [3.05, 3.63) is 18.2 Å². The molecule has 1 atom stereocenters. The fourth-order valence-electron chi connectivity index (χ4n) is 2.56. The van der Waals surface area contributed by atoms with Gasteiger partial charge >= 0.3 is 0 Å². The standard InChI is InChI=1S/C14H17N3O2/c15-5-4-11-9-17(7-1-6-16-11)12-2-3-13-14(8-12)19-10-18-13/h2-3,8,11,16H,1,4,6-7,9-10H2. The first-order chi connectivity index (χ1) is 9.36. The molecule has 2 heterocycles. The minimum absolute atomic E-state index is 0.234. The summed E-state index contributed by atoms with van der Waals surface area (Å²) in [5, 5.41) is 12.3. The summed E-state index contributed by atoms with van der Waals surface area (Å²) < 4.78 is 10.7. The van der Waals surface area contributed by atoms with Crippen molar-refractivity contribution in [1.82, 2.24) is 5.32 Å². The normalized spacial score (nSPS) is 21.8. The van der Waals surface area contributed by atoms with Crippen LogP contribution < -0.4 is 19.7 Å². The lowest BCUT2D eigenvalue weighted by Crippen LogP contribution is -2.37. The minimum Gasteiger partial charge on any atom is -0.454 e. The van der Waals surface area contributed by atoms with Crippen LogP contribution in [-0.4, -0.2) is 32.5 Å². The zero-order valence-electron chi connectivity index (χ0n) is 10.8. The van der Waals surface area contributed by atoms with Crippen LogP contribution >= 0.6 is 0 Å². The Kier molecular flexibility index (Phi) is 3.43. The number of nitriles is 1. The molecular formula is C14H17N3O2. The van der Waals surface area contributed by atoms with Gasteiger partial charge in [-0.1, -0.05) is 0 Å². The van der Waals surface area contributed by atoms with Gasteiger partial charge in [-0.2, -0.15) is 5.26 Å². The van der Waals surface area contributed by atoms with E-state index in [1.54, 1.807) is 0 Å². The van der Waals surface area contributed by atoms with Gasteiger partial charge in [-0.3, -0.25) is 0 Å². The first-order valence-corrected chi connectivity index (χ1v) is 6.62. The Balaban J connectivity index is 1.78. The van der Waals surface area contributed by atoms with Crippen LogP contribution in [-0.2, 0) is 0 Å². The fourth-order valence-corrected chi connectivity index (χ4v) is 2.56. The highest BCUT2D eigenvalue weighted by Gasteiger charge is 2.20. The van der Waals surface area contributed by atoms with Gasteiger partial charge in [0.1, 0.15) is 0 Å². The van der Waals surface area contributed by atoms with E-state index >= 15 is 0 Å². The van der Waals surface area contributed by atoms with Crippen molar-refractivity contribution < 1.29 is 9.47 Å². The minimum atomic E-state index is 0.234. The summed E-state index contributed by atoms with van der Waals surface area (Å²) in [6.07, 6.45) is 1.62. The van der Waals surface area contributed by atoms with Crippen molar-refractivity contribution in [3.8, 4) is 17.6 Å². The van der Waals surface area contributed by atoms with Crippen molar-refractivity contribution >= 4 is 5.69 Å². The number of rotatable bonds is 2. The first-order valence-electron chi connectivity index (χ1n) is 6.62. The van der Waals surface area contributed by atoms with Gasteiger partial charge in [0.15, 0.2) is 11.5 Å². The molecule has 1 aromatic rings. The van der Waals surface area contributed by atoms with E-state index < -0.39 is 0 Å². The van der Waals surface area contributed by atoms with Crippen molar-refractivity contribution in [2.45, 2.75) is 18.9 Å². The summed E-state index contributed by atoms with van der Waals surface area (Å²) in [6, 6.07) is 8.52. The number of benzene rings is 1. The van der Waals surface area contributed by atoms with Gasteiger partial charge in [0.05, 0.1) is 12.5 Å². The zero-order chi connectivity index (χ0) is 13.1. The number of hydrogen-bond donors (Lipinski definition) is 1. The van der Waals surface area contributed by atoms with Gasteiger partial charge in [0.25, 0.3) is 0 Å². The molecule has 0 saturated carbocycles. The third-order valence-corrected chi connectivity index (χ3v) is 3.54. The molecule has 2 aliphatic heterocycles. The van der Waals surface area contributed by atoms with Crippen LogP contribution in [0.1, 0.15) is 12.8 Å². The Morgan fingerprint density at radius 3 is 3.16 bits per heavy atom. The smallest absolute Gasteiger partial charge is 0.231 e. The number of anilines is 1. The molecule has 2 aliphatic rings. The lowest BCUT2D eigenvalue weighted by molar-refractivity contribution is 0.174. The predicted molar refractivity (Wildman–Crippen MR) is 71.4 cm³/mol. The molecule has 1 N–H and O–H groups in total. The maximum Gasteiger partial charge on any atom is 0.231 e. The molecular weight excluding hydrogens is 242 g/mol. The molecule has 1 saturated heterocycles. The second-order valence-corrected chi connectivity index (χ2v) is 4.85. The average Bonchev–Trinajstić information content (AvgIpc) is 2.77. The molecule has 0 aliphatic carbocycles. The molecule has 1 aromatic carbocycles. The molecule has 5 heteroatoms. The van der Waals surface area contributed by atoms with E-state index in [1.165, 1.54) is 0 Å². The molecule has 1 fully saturated rings. The molecule has 0 amide bonds. The van der Waals surface area contributed by atoms with Crippen LogP contribution in [0.15, 0.2) is 18.2 Å². The molecule has 1 unspecified atom stereocenters. The largest absolute Gasteiger partial charge is 0.454 e. The van der Waals surface area contributed by atoms with E-state index in [1.807, 2.05) is 12.1 Å². The second kappa shape index (κ2) is 5.37. The second-order valence-electron chi connectivity index (χ2n) is 4.85. The van der Waals surface area contributed by atoms with E-state index in [0.29, 0.717) is 13.2 Å². The Morgan fingerprint density at radius 1 is 1.37 bits per heavy atom. The topological polar surface area (TPSA) is 57.5 Å². The fraction of sp³-hybridized carbons (Fsp3) is 0.500. The molecule has 19 heavy (non-hydrogen) atoms. The Morgan fingerprint density at radius 2 is 2.26 bits per heavy atom. The molecule has 0 aromatic heterocycles. The van der Waals surface area contributed by atoms with Crippen LogP contribution in [0.2, 0.25) is 0 Å². The first kappa shape index (κ1) is 12.1. The number of nitrogens with one attached hydrogen (secondary N) is 1. The summed E-state index contributed by atoms with van der Waals surface area (Å²) in [4.78, 5) is 2.31. The van der Waals surface area contributed by atoms with Crippen LogP contribution in [0.5, 0.6) is 11.5 Å². The molecule has 0 bridgehead atoms. The van der Waals surface area contributed by atoms with E-state index in [9.17, 15) is 0 Å². The van der Waals surface area contributed by atoms with E-state index in [2.05, 4.69) is 22.4 Å². The van der Waals surface area contributed by atoms with Gasteiger partial charge in [-0.25, -0.2) is 0 Å². The van der Waals surface area contributed by atoms with Crippen LogP contribution in [0.3, 0.4) is 0 Å². The van der Waals surface area contributed by atoms with Crippen LogP contribution in [0.4, 0.5) is 5.69 Å². The van der Waals surface area contributed by atoms with Gasteiger partial charge in [0, 0.05) is 30.9 Å². The third kappa shape index (κ3) is 2.59. The quantitative estimate of drug-likeness (QED) is 0.872. The van der Waals surface area contributed by atoms with Crippen molar-refractivity contribution in [2.24, 2.45) is 0 Å². The summed E-state index contributed by atoms with van der Waals surface area (Å²) >= 11 is 0.